The Morgan fingerprint density at radius 3 is 2.50 bits per heavy atom. The van der Waals surface area contributed by atoms with Gasteiger partial charge in [0.25, 0.3) is 5.17 Å². The van der Waals surface area contributed by atoms with Crippen LogP contribution >= 0.6 is 12.2 Å². The van der Waals surface area contributed by atoms with Gasteiger partial charge in [-0.25, -0.2) is 0 Å². The third-order valence-corrected chi connectivity index (χ3v) is 7.21. The van der Waals surface area contributed by atoms with Crippen LogP contribution in [0.15, 0.2) is 72.8 Å². The van der Waals surface area contributed by atoms with Gasteiger partial charge in [0, 0.05) is 5.92 Å². The largest absolute Gasteiger partial charge is 0.497 e. The van der Waals surface area contributed by atoms with E-state index < -0.39 is 0 Å². The molecular weight excluding hydrogens is 442 g/mol. The molecule has 3 aromatic carbocycles. The summed E-state index contributed by atoms with van der Waals surface area (Å²) in [6.07, 6.45) is 4.22. The molecule has 0 amide bonds. The predicted octanol–water partition coefficient (Wildman–Crippen LogP) is 5.99. The van der Waals surface area contributed by atoms with E-state index in [9.17, 15) is 0 Å². The van der Waals surface area contributed by atoms with Gasteiger partial charge in [0.1, 0.15) is 17.6 Å². The van der Waals surface area contributed by atoms with Gasteiger partial charge < -0.3 is 19.5 Å². The molecule has 0 bridgehead atoms. The van der Waals surface area contributed by atoms with E-state index in [1.807, 2.05) is 0 Å². The van der Waals surface area contributed by atoms with E-state index in [4.69, 9.17) is 26.4 Å². The fourth-order valence-electron chi connectivity index (χ4n) is 5.26. The van der Waals surface area contributed by atoms with E-state index in [-0.39, 0.29) is 6.10 Å². The van der Waals surface area contributed by atoms with Gasteiger partial charge in [-0.05, 0) is 90.3 Å². The fraction of sp³-hybridized carbons (Fsp3) is 0.345. The van der Waals surface area contributed by atoms with Crippen molar-refractivity contribution in [2.24, 2.45) is 0 Å². The molecule has 3 aromatic rings. The molecule has 1 fully saturated rings. The topological polar surface area (TPSA) is 39.7 Å². The molecule has 3 unspecified atom stereocenters. The van der Waals surface area contributed by atoms with Crippen LogP contribution in [0.2, 0.25) is 0 Å². The Balaban J connectivity index is 1.32. The molecular formula is C29H31NO3S. The molecule has 1 saturated heterocycles. The van der Waals surface area contributed by atoms with E-state index >= 15 is 0 Å². The second kappa shape index (κ2) is 10.5. The minimum Gasteiger partial charge on any atom is -0.497 e. The summed E-state index contributed by atoms with van der Waals surface area (Å²) in [5, 5.41) is 3.57. The van der Waals surface area contributed by atoms with Crippen LogP contribution in [-0.4, -0.2) is 31.5 Å². The molecule has 0 aromatic heterocycles. The number of hydrogen-bond donors (Lipinski definition) is 1. The van der Waals surface area contributed by atoms with Crippen LogP contribution in [0.1, 0.15) is 53.4 Å². The second-order valence-electron chi connectivity index (χ2n) is 9.07. The lowest BCUT2D eigenvalue weighted by atomic mass is 9.69. The molecule has 4 nitrogen and oxygen atoms in total. The van der Waals surface area contributed by atoms with E-state index in [2.05, 4.69) is 78.1 Å². The Morgan fingerprint density at radius 1 is 0.971 bits per heavy atom. The van der Waals surface area contributed by atoms with Gasteiger partial charge in [0.15, 0.2) is 0 Å². The number of fused-ring (bicyclic) bond motifs is 1. The van der Waals surface area contributed by atoms with Crippen molar-refractivity contribution in [3.63, 3.8) is 0 Å². The van der Waals surface area contributed by atoms with E-state index in [0.29, 0.717) is 23.6 Å². The van der Waals surface area contributed by atoms with Crippen LogP contribution in [0.5, 0.6) is 11.5 Å². The molecule has 3 atom stereocenters. The summed E-state index contributed by atoms with van der Waals surface area (Å²) in [6, 6.07) is 26.1. The van der Waals surface area contributed by atoms with Crippen molar-refractivity contribution in [2.45, 2.75) is 43.6 Å². The van der Waals surface area contributed by atoms with E-state index in [0.717, 1.165) is 43.7 Å². The quantitative estimate of drug-likeness (QED) is 0.321. The maximum atomic E-state index is 6.02. The van der Waals surface area contributed by atoms with Crippen LogP contribution in [0.3, 0.4) is 0 Å². The molecule has 5 heteroatoms. The predicted molar refractivity (Wildman–Crippen MR) is 139 cm³/mol. The Bertz CT molecular complexity index is 1120. The summed E-state index contributed by atoms with van der Waals surface area (Å²) in [6.45, 7) is 1.47. The third-order valence-electron chi connectivity index (χ3n) is 6.97. The zero-order valence-corrected chi connectivity index (χ0v) is 20.4. The van der Waals surface area contributed by atoms with Crippen LogP contribution in [0.25, 0.3) is 0 Å². The van der Waals surface area contributed by atoms with Crippen molar-refractivity contribution in [2.75, 3.05) is 20.3 Å². The van der Waals surface area contributed by atoms with Gasteiger partial charge in [-0.15, -0.1) is 0 Å². The Morgan fingerprint density at radius 2 is 1.76 bits per heavy atom. The monoisotopic (exact) mass is 473 g/mol. The van der Waals surface area contributed by atoms with Gasteiger partial charge in [-0.1, -0.05) is 48.5 Å². The molecule has 1 heterocycles. The van der Waals surface area contributed by atoms with Crippen LogP contribution < -0.4 is 14.8 Å². The molecule has 0 saturated carbocycles. The number of hydrogen-bond acceptors (Lipinski definition) is 4. The zero-order chi connectivity index (χ0) is 23.3. The van der Waals surface area contributed by atoms with Crippen molar-refractivity contribution < 1.29 is 14.2 Å². The lowest BCUT2D eigenvalue weighted by molar-refractivity contribution is 0.203. The second-order valence-corrected chi connectivity index (χ2v) is 9.44. The molecule has 34 heavy (non-hydrogen) atoms. The van der Waals surface area contributed by atoms with Crippen LogP contribution in [0, 0.1) is 0 Å². The molecule has 1 aliphatic heterocycles. The van der Waals surface area contributed by atoms with E-state index in [1.165, 1.54) is 22.3 Å². The Hall–Kier alpha value is -3.05. The Kier molecular flexibility index (Phi) is 7.00. The summed E-state index contributed by atoms with van der Waals surface area (Å²) < 4.78 is 17.1. The van der Waals surface area contributed by atoms with Crippen molar-refractivity contribution >= 4 is 17.4 Å². The molecule has 1 aliphatic carbocycles. The molecule has 5 rings (SSSR count). The van der Waals surface area contributed by atoms with Gasteiger partial charge in [-0.3, -0.25) is 0 Å². The van der Waals surface area contributed by atoms with Crippen molar-refractivity contribution in [3.05, 3.63) is 95.1 Å². The van der Waals surface area contributed by atoms with Crippen molar-refractivity contribution in [1.82, 2.24) is 5.32 Å². The molecule has 2 aliphatic rings. The number of ether oxygens (including phenoxy) is 3. The van der Waals surface area contributed by atoms with Crippen LogP contribution in [0.4, 0.5) is 0 Å². The van der Waals surface area contributed by atoms with Crippen molar-refractivity contribution in [3.8, 4) is 11.5 Å². The highest BCUT2D eigenvalue weighted by atomic mass is 32.1. The highest BCUT2D eigenvalue weighted by molar-refractivity contribution is 7.80. The summed E-state index contributed by atoms with van der Waals surface area (Å²) in [5.41, 5.74) is 5.52. The average molecular weight is 474 g/mol. The first-order valence-electron chi connectivity index (χ1n) is 12.1. The number of nitrogens with one attached hydrogen (secondary N) is 1. The summed E-state index contributed by atoms with van der Waals surface area (Å²) in [4.78, 5) is 0. The summed E-state index contributed by atoms with van der Waals surface area (Å²) in [5.74, 6) is 2.59. The number of aryl methyl sites for hydroxylation is 1. The average Bonchev–Trinajstić information content (AvgIpc) is 3.31. The summed E-state index contributed by atoms with van der Waals surface area (Å²) in [7, 11) is 1.74. The molecule has 0 spiro atoms. The maximum absolute atomic E-state index is 6.02. The first-order valence-corrected chi connectivity index (χ1v) is 12.5. The number of methoxy groups -OCH3 is 1. The highest BCUT2D eigenvalue weighted by Crippen LogP contribution is 2.47. The zero-order valence-electron chi connectivity index (χ0n) is 19.5. The lowest BCUT2D eigenvalue weighted by Crippen LogP contribution is -2.20. The normalized spacial score (nSPS) is 21.3. The van der Waals surface area contributed by atoms with Crippen molar-refractivity contribution in [1.29, 1.82) is 0 Å². The minimum absolute atomic E-state index is 0.165. The van der Waals surface area contributed by atoms with Gasteiger partial charge in [-0.2, -0.15) is 0 Å². The smallest absolute Gasteiger partial charge is 0.257 e. The Labute approximate surface area is 207 Å². The number of benzene rings is 3. The molecule has 176 valence electrons. The highest BCUT2D eigenvalue weighted by Gasteiger charge is 2.32. The summed E-state index contributed by atoms with van der Waals surface area (Å²) >= 11 is 5.02. The first kappa shape index (κ1) is 22.7. The molecule has 0 radical (unpaired) electrons. The van der Waals surface area contributed by atoms with E-state index in [1.54, 1.807) is 7.11 Å². The van der Waals surface area contributed by atoms with Gasteiger partial charge in [0.2, 0.25) is 0 Å². The minimum atomic E-state index is 0.165. The third kappa shape index (κ3) is 5.05. The van der Waals surface area contributed by atoms with Gasteiger partial charge >= 0.3 is 0 Å². The fourth-order valence-corrected chi connectivity index (χ4v) is 5.48. The van der Waals surface area contributed by atoms with Crippen LogP contribution in [-0.2, 0) is 11.2 Å². The first-order chi connectivity index (χ1) is 16.7. The number of thiocarbonyl (C=S) groups is 1. The maximum Gasteiger partial charge on any atom is 0.257 e. The lowest BCUT2D eigenvalue weighted by Gasteiger charge is -2.35. The SMILES string of the molecule is COc1ccc2c(c1)CCC(c1ccccc1)C2c1ccc(OCCCC2CNC(=S)O2)cc1. The number of rotatable bonds is 8. The molecule has 1 N–H and O–H groups in total. The standard InChI is InChI=1S/C29H31NO3S/c1-31-24-14-16-27-22(18-24)11-15-26(20-6-3-2-4-7-20)28(27)21-9-12-23(13-10-21)32-17-5-8-25-19-30-29(34)33-25/h2-4,6-7,9-10,12-14,16,18,25-26,28H,5,8,11,15,17,19H2,1H3,(H,30,34). The van der Waals surface area contributed by atoms with Gasteiger partial charge in [0.05, 0.1) is 20.3 Å².